The Hall–Kier alpha value is -4.71. The van der Waals surface area contributed by atoms with Gasteiger partial charge in [-0.05, 0) is 41.0 Å². The van der Waals surface area contributed by atoms with Crippen LogP contribution in [0.5, 0.6) is 0 Å². The first kappa shape index (κ1) is 26.5. The fourth-order valence-electron chi connectivity index (χ4n) is 5.79. The molecule has 0 spiro atoms. The number of carbonyl (C=O) groups excluding carboxylic acids is 2. The summed E-state index contributed by atoms with van der Waals surface area (Å²) in [6, 6.07) is 17.0. The van der Waals surface area contributed by atoms with Gasteiger partial charge in [-0.15, -0.1) is 10.2 Å². The average Bonchev–Trinajstić information content (AvgIpc) is 3.60. The van der Waals surface area contributed by atoms with Crippen LogP contribution in [-0.4, -0.2) is 77.6 Å². The molecule has 210 valence electrons. The van der Waals surface area contributed by atoms with Gasteiger partial charge in [0.1, 0.15) is 5.69 Å². The molecule has 2 amide bonds. The van der Waals surface area contributed by atoms with Gasteiger partial charge in [-0.25, -0.2) is 0 Å². The van der Waals surface area contributed by atoms with E-state index in [1.165, 1.54) is 17.8 Å². The minimum Gasteiger partial charge on any atom is -0.335 e. The Morgan fingerprint density at radius 3 is 2.51 bits per heavy atom. The summed E-state index contributed by atoms with van der Waals surface area (Å²) < 4.78 is 1.73. The summed E-state index contributed by atoms with van der Waals surface area (Å²) in [6.45, 7) is 4.33. The number of hydrogen-bond acceptors (Lipinski definition) is 8. The van der Waals surface area contributed by atoms with Crippen LogP contribution in [0.15, 0.2) is 65.6 Å². The van der Waals surface area contributed by atoms with E-state index < -0.39 is 0 Å². The second-order valence-corrected chi connectivity index (χ2v) is 10.5. The van der Waals surface area contributed by atoms with Crippen molar-refractivity contribution in [3.05, 3.63) is 99.5 Å². The van der Waals surface area contributed by atoms with Crippen LogP contribution in [0, 0.1) is 0 Å². The Bertz CT molecular complexity index is 1640. The van der Waals surface area contributed by atoms with Crippen LogP contribution in [0.1, 0.15) is 52.0 Å². The normalized spacial score (nSPS) is 17.7. The maximum Gasteiger partial charge on any atom is 0.272 e. The smallest absolute Gasteiger partial charge is 0.272 e. The van der Waals surface area contributed by atoms with Gasteiger partial charge in [0.2, 0.25) is 5.91 Å². The fourth-order valence-corrected chi connectivity index (χ4v) is 5.79. The summed E-state index contributed by atoms with van der Waals surface area (Å²) in [5.41, 5.74) is 3.65. The first-order valence-corrected chi connectivity index (χ1v) is 13.6. The molecule has 3 aromatic heterocycles. The van der Waals surface area contributed by atoms with E-state index in [1.54, 1.807) is 17.8 Å². The second-order valence-electron chi connectivity index (χ2n) is 10.5. The lowest BCUT2D eigenvalue weighted by Crippen LogP contribution is -2.50. The molecule has 2 aliphatic heterocycles. The molecule has 2 atom stereocenters. The molecule has 12 heteroatoms. The highest BCUT2D eigenvalue weighted by molar-refractivity contribution is 5.92. The van der Waals surface area contributed by atoms with E-state index in [9.17, 15) is 14.4 Å². The van der Waals surface area contributed by atoms with Crippen molar-refractivity contribution in [1.29, 1.82) is 0 Å². The van der Waals surface area contributed by atoms with Crippen LogP contribution in [0.3, 0.4) is 0 Å². The molecule has 12 nitrogen and oxygen atoms in total. The van der Waals surface area contributed by atoms with E-state index >= 15 is 0 Å². The van der Waals surface area contributed by atoms with Crippen LogP contribution >= 0.6 is 0 Å². The van der Waals surface area contributed by atoms with Crippen LogP contribution < -0.4 is 10.9 Å². The van der Waals surface area contributed by atoms with Crippen molar-refractivity contribution in [2.24, 2.45) is 7.05 Å². The fraction of sp³-hybridized carbons (Fsp3) is 0.345. The number of hydrogen-bond donors (Lipinski definition) is 1. The van der Waals surface area contributed by atoms with Crippen molar-refractivity contribution in [2.75, 3.05) is 31.5 Å². The van der Waals surface area contributed by atoms with Gasteiger partial charge in [0, 0.05) is 69.2 Å². The van der Waals surface area contributed by atoms with Crippen molar-refractivity contribution in [3.8, 4) is 0 Å². The second kappa shape index (κ2) is 11.0. The van der Waals surface area contributed by atoms with Gasteiger partial charge in [-0.3, -0.25) is 24.3 Å². The molecule has 2 unspecified atom stereocenters. The third-order valence-electron chi connectivity index (χ3n) is 7.72. The SMILES string of the molecule is CC(=O)Nc1cc2n(c(=O)c1)CC(c1ccnc(C(=O)N3CCN(C(c4ccccc4)c4nnn(C)n4)CC3)c1)C2. The van der Waals surface area contributed by atoms with Gasteiger partial charge in [-0.1, -0.05) is 30.3 Å². The first-order chi connectivity index (χ1) is 19.9. The lowest BCUT2D eigenvalue weighted by Gasteiger charge is -2.38. The highest BCUT2D eigenvalue weighted by atomic mass is 16.2. The van der Waals surface area contributed by atoms with Crippen molar-refractivity contribution in [2.45, 2.75) is 31.8 Å². The zero-order valence-corrected chi connectivity index (χ0v) is 23.0. The standard InChI is InChI=1S/C29H31N9O3/c1-19(39)31-23-16-24-14-22(18-38(24)26(40)17-23)21-8-9-30-25(15-21)29(41)37-12-10-36(11-13-37)27(20-6-4-3-5-7-20)28-32-34-35(2)33-28/h3-9,15-17,22,27H,10-14,18H2,1-2H3,(H,31,39). The number of pyridine rings is 2. The van der Waals surface area contributed by atoms with E-state index in [1.807, 2.05) is 41.3 Å². The Kier molecular flexibility index (Phi) is 7.14. The average molecular weight is 554 g/mol. The molecule has 6 rings (SSSR count). The first-order valence-electron chi connectivity index (χ1n) is 13.6. The number of rotatable bonds is 6. The van der Waals surface area contributed by atoms with Crippen LogP contribution in [0.25, 0.3) is 0 Å². The van der Waals surface area contributed by atoms with Crippen LogP contribution in [-0.2, 0) is 24.8 Å². The highest BCUT2D eigenvalue weighted by Gasteiger charge is 2.32. The van der Waals surface area contributed by atoms with Gasteiger partial charge < -0.3 is 14.8 Å². The molecule has 0 saturated carbocycles. The summed E-state index contributed by atoms with van der Waals surface area (Å²) in [7, 11) is 1.75. The van der Waals surface area contributed by atoms with Gasteiger partial charge >= 0.3 is 0 Å². The number of tetrazole rings is 1. The number of nitrogens with zero attached hydrogens (tertiary/aromatic N) is 8. The van der Waals surface area contributed by atoms with E-state index in [0.29, 0.717) is 56.4 Å². The summed E-state index contributed by atoms with van der Waals surface area (Å²) in [5.74, 6) is 0.338. The van der Waals surface area contributed by atoms with Crippen molar-refractivity contribution in [1.82, 2.24) is 39.6 Å². The summed E-state index contributed by atoms with van der Waals surface area (Å²) in [4.78, 5) is 47.6. The highest BCUT2D eigenvalue weighted by Crippen LogP contribution is 2.30. The van der Waals surface area contributed by atoms with E-state index in [-0.39, 0.29) is 29.3 Å². The number of aryl methyl sites for hydroxylation is 1. The Morgan fingerprint density at radius 1 is 1.02 bits per heavy atom. The van der Waals surface area contributed by atoms with Crippen molar-refractivity contribution >= 4 is 17.5 Å². The predicted octanol–water partition coefficient (Wildman–Crippen LogP) is 1.61. The summed E-state index contributed by atoms with van der Waals surface area (Å²) >= 11 is 0. The number of nitrogens with one attached hydrogen (secondary N) is 1. The number of anilines is 1. The molecule has 5 heterocycles. The lowest BCUT2D eigenvalue weighted by molar-refractivity contribution is -0.114. The monoisotopic (exact) mass is 553 g/mol. The maximum atomic E-state index is 13.5. The molecule has 1 N–H and O–H groups in total. The molecule has 0 radical (unpaired) electrons. The molecule has 1 fully saturated rings. The number of aromatic nitrogens is 6. The molecular weight excluding hydrogens is 522 g/mol. The number of fused-ring (bicyclic) bond motifs is 1. The number of piperazine rings is 1. The quantitative estimate of drug-likeness (QED) is 0.381. The topological polar surface area (TPSA) is 131 Å². The lowest BCUT2D eigenvalue weighted by atomic mass is 9.97. The molecule has 1 saturated heterocycles. The predicted molar refractivity (Wildman–Crippen MR) is 150 cm³/mol. The number of amides is 2. The van der Waals surface area contributed by atoms with Gasteiger partial charge in [0.05, 0.1) is 13.1 Å². The Labute approximate surface area is 236 Å². The minimum atomic E-state index is -0.219. The van der Waals surface area contributed by atoms with Gasteiger partial charge in [0.15, 0.2) is 5.82 Å². The Morgan fingerprint density at radius 2 is 1.80 bits per heavy atom. The molecule has 2 aliphatic rings. The Balaban J connectivity index is 1.14. The van der Waals surface area contributed by atoms with Crippen molar-refractivity contribution < 1.29 is 9.59 Å². The van der Waals surface area contributed by atoms with E-state index in [4.69, 9.17) is 0 Å². The summed E-state index contributed by atoms with van der Waals surface area (Å²) in [5, 5.41) is 15.5. The molecule has 4 aromatic rings. The van der Waals surface area contributed by atoms with Crippen molar-refractivity contribution in [3.63, 3.8) is 0 Å². The zero-order valence-electron chi connectivity index (χ0n) is 23.0. The van der Waals surface area contributed by atoms with Gasteiger partial charge in [0.25, 0.3) is 11.5 Å². The molecular formula is C29H31N9O3. The molecule has 1 aromatic carbocycles. The summed E-state index contributed by atoms with van der Waals surface area (Å²) in [6.07, 6.45) is 2.30. The molecule has 41 heavy (non-hydrogen) atoms. The maximum absolute atomic E-state index is 13.5. The van der Waals surface area contributed by atoms with Gasteiger partial charge in [-0.2, -0.15) is 4.80 Å². The number of benzene rings is 1. The van der Waals surface area contributed by atoms with E-state index in [0.717, 1.165) is 16.8 Å². The zero-order chi connectivity index (χ0) is 28.5. The molecule has 0 bridgehead atoms. The number of carbonyl (C=O) groups is 2. The van der Waals surface area contributed by atoms with E-state index in [2.05, 4.69) is 42.7 Å². The van der Waals surface area contributed by atoms with Crippen LogP contribution in [0.4, 0.5) is 5.69 Å². The third-order valence-corrected chi connectivity index (χ3v) is 7.72. The third kappa shape index (κ3) is 5.50. The van der Waals surface area contributed by atoms with Crippen LogP contribution in [0.2, 0.25) is 0 Å². The largest absolute Gasteiger partial charge is 0.335 e. The molecule has 0 aliphatic carbocycles. The minimum absolute atomic E-state index is 0.0350.